The van der Waals surface area contributed by atoms with Crippen molar-refractivity contribution >= 4 is 34.9 Å². The molecule has 2 N–H and O–H groups in total. The van der Waals surface area contributed by atoms with Crippen molar-refractivity contribution in [2.45, 2.75) is 27.3 Å². The molecule has 2 amide bonds. The Bertz CT molecular complexity index is 699. The Hall–Kier alpha value is -1.72. The summed E-state index contributed by atoms with van der Waals surface area (Å²) < 4.78 is 1.95. The number of halogens is 2. The summed E-state index contributed by atoms with van der Waals surface area (Å²) in [5.74, 6) is 0.244. The summed E-state index contributed by atoms with van der Waals surface area (Å²) >= 11 is 11.9. The first-order valence-electron chi connectivity index (χ1n) is 7.36. The third-order valence-corrected chi connectivity index (χ3v) is 3.94. The van der Waals surface area contributed by atoms with Crippen molar-refractivity contribution in [3.8, 4) is 0 Å². The average Bonchev–Trinajstić information content (AvgIpc) is 2.78. The summed E-state index contributed by atoms with van der Waals surface area (Å²) in [6.07, 6.45) is 0. The molecule has 0 fully saturated rings. The number of nitrogens with zero attached hydrogens (tertiary/aromatic N) is 2. The second-order valence-electron chi connectivity index (χ2n) is 5.67. The predicted octanol–water partition coefficient (Wildman–Crippen LogP) is 4.26. The minimum absolute atomic E-state index is 0.244. The van der Waals surface area contributed by atoms with Crippen LogP contribution in [0.15, 0.2) is 24.3 Å². The molecule has 0 aliphatic rings. The largest absolute Gasteiger partial charge is 0.338 e. The van der Waals surface area contributed by atoms with Crippen molar-refractivity contribution in [3.63, 3.8) is 0 Å². The number of carbonyl (C=O) groups excluding carboxylic acids is 1. The van der Waals surface area contributed by atoms with Gasteiger partial charge in [0.15, 0.2) is 0 Å². The molecular weight excluding hydrogens is 335 g/mol. The fourth-order valence-electron chi connectivity index (χ4n) is 2.25. The lowest BCUT2D eigenvalue weighted by atomic mass is 10.2. The zero-order valence-electron chi connectivity index (χ0n) is 13.4. The van der Waals surface area contributed by atoms with Gasteiger partial charge in [-0.1, -0.05) is 30.1 Å². The number of urea groups is 1. The van der Waals surface area contributed by atoms with Crippen molar-refractivity contribution < 1.29 is 4.79 Å². The smallest absolute Gasteiger partial charge is 0.319 e. The molecule has 124 valence electrons. The van der Waals surface area contributed by atoms with E-state index in [0.717, 1.165) is 17.9 Å². The average molecular weight is 355 g/mol. The molecule has 0 spiro atoms. The number of benzene rings is 1. The standard InChI is InChI=1S/C16H20Cl2N4O/c1-10(9-22-12(3)6-11(2)21-22)8-19-16(23)20-15-7-13(17)4-5-14(15)18/h4-7,10H,8-9H2,1-3H3,(H2,19,20,23). The molecule has 0 bridgehead atoms. The third-order valence-electron chi connectivity index (χ3n) is 3.38. The minimum atomic E-state index is -0.311. The number of aryl methyl sites for hydroxylation is 2. The van der Waals surface area contributed by atoms with Crippen LogP contribution in [0.4, 0.5) is 10.5 Å². The lowest BCUT2D eigenvalue weighted by molar-refractivity contribution is 0.249. The van der Waals surface area contributed by atoms with Gasteiger partial charge in [-0.15, -0.1) is 0 Å². The number of aromatic nitrogens is 2. The number of anilines is 1. The quantitative estimate of drug-likeness (QED) is 0.842. The number of carbonyl (C=O) groups is 1. The van der Waals surface area contributed by atoms with Crippen LogP contribution in [0.3, 0.4) is 0 Å². The van der Waals surface area contributed by atoms with E-state index >= 15 is 0 Å². The van der Waals surface area contributed by atoms with Crippen LogP contribution in [-0.2, 0) is 6.54 Å². The Morgan fingerprint density at radius 2 is 2.04 bits per heavy atom. The van der Waals surface area contributed by atoms with Gasteiger partial charge in [0.2, 0.25) is 0 Å². The number of rotatable bonds is 5. The molecular formula is C16H20Cl2N4O. The molecule has 1 heterocycles. The van der Waals surface area contributed by atoms with Crippen molar-refractivity contribution in [2.24, 2.45) is 5.92 Å². The molecule has 1 aromatic heterocycles. The van der Waals surface area contributed by atoms with Crippen molar-refractivity contribution in [1.29, 1.82) is 0 Å². The molecule has 7 heteroatoms. The van der Waals surface area contributed by atoms with Crippen LogP contribution in [0.25, 0.3) is 0 Å². The highest BCUT2D eigenvalue weighted by Crippen LogP contribution is 2.25. The van der Waals surface area contributed by atoms with E-state index in [1.54, 1.807) is 18.2 Å². The van der Waals surface area contributed by atoms with E-state index in [-0.39, 0.29) is 11.9 Å². The van der Waals surface area contributed by atoms with Gasteiger partial charge in [0.05, 0.1) is 16.4 Å². The van der Waals surface area contributed by atoms with E-state index in [0.29, 0.717) is 22.3 Å². The summed E-state index contributed by atoms with van der Waals surface area (Å²) in [7, 11) is 0. The van der Waals surface area contributed by atoms with Crippen LogP contribution in [0, 0.1) is 19.8 Å². The topological polar surface area (TPSA) is 59.0 Å². The summed E-state index contributed by atoms with van der Waals surface area (Å²) in [6.45, 7) is 7.33. The van der Waals surface area contributed by atoms with Gasteiger partial charge in [0.1, 0.15) is 0 Å². The fourth-order valence-corrected chi connectivity index (χ4v) is 2.58. The predicted molar refractivity (Wildman–Crippen MR) is 94.3 cm³/mol. The molecule has 0 saturated heterocycles. The summed E-state index contributed by atoms with van der Waals surface area (Å²) in [5, 5.41) is 10.9. The van der Waals surface area contributed by atoms with Gasteiger partial charge >= 0.3 is 6.03 Å². The maximum atomic E-state index is 12.0. The molecule has 5 nitrogen and oxygen atoms in total. The molecule has 1 atom stereocenters. The van der Waals surface area contributed by atoms with Gasteiger partial charge in [0.25, 0.3) is 0 Å². The Labute approximate surface area is 146 Å². The highest BCUT2D eigenvalue weighted by atomic mass is 35.5. The molecule has 0 saturated carbocycles. The normalized spacial score (nSPS) is 12.0. The van der Waals surface area contributed by atoms with Crippen LogP contribution in [0.5, 0.6) is 0 Å². The molecule has 0 aliphatic carbocycles. The second-order valence-corrected chi connectivity index (χ2v) is 6.52. The van der Waals surface area contributed by atoms with Crippen LogP contribution >= 0.6 is 23.2 Å². The van der Waals surface area contributed by atoms with Gasteiger partial charge in [-0.05, 0) is 44.0 Å². The lowest BCUT2D eigenvalue weighted by Crippen LogP contribution is -2.33. The van der Waals surface area contributed by atoms with Crippen LogP contribution < -0.4 is 10.6 Å². The first-order valence-corrected chi connectivity index (χ1v) is 8.11. The zero-order valence-corrected chi connectivity index (χ0v) is 14.9. The molecule has 1 aromatic carbocycles. The lowest BCUT2D eigenvalue weighted by Gasteiger charge is -2.15. The molecule has 2 rings (SSSR count). The second kappa shape index (κ2) is 7.70. The Morgan fingerprint density at radius 1 is 1.30 bits per heavy atom. The van der Waals surface area contributed by atoms with E-state index in [9.17, 15) is 4.79 Å². The monoisotopic (exact) mass is 354 g/mol. The van der Waals surface area contributed by atoms with E-state index in [4.69, 9.17) is 23.2 Å². The van der Waals surface area contributed by atoms with Crippen molar-refractivity contribution in [3.05, 3.63) is 45.7 Å². The van der Waals surface area contributed by atoms with Gasteiger partial charge < -0.3 is 10.6 Å². The summed E-state index contributed by atoms with van der Waals surface area (Å²) in [5.41, 5.74) is 2.60. The van der Waals surface area contributed by atoms with Gasteiger partial charge in [-0.3, -0.25) is 4.68 Å². The molecule has 23 heavy (non-hydrogen) atoms. The fraction of sp³-hybridized carbons (Fsp3) is 0.375. The van der Waals surface area contributed by atoms with Crippen LogP contribution in [0.1, 0.15) is 18.3 Å². The van der Waals surface area contributed by atoms with Gasteiger partial charge in [0, 0.05) is 23.8 Å². The van der Waals surface area contributed by atoms with Gasteiger partial charge in [-0.2, -0.15) is 5.10 Å². The van der Waals surface area contributed by atoms with Crippen LogP contribution in [0.2, 0.25) is 10.0 Å². The Morgan fingerprint density at radius 3 is 2.70 bits per heavy atom. The highest BCUT2D eigenvalue weighted by Gasteiger charge is 2.10. The Balaban J connectivity index is 1.84. The number of hydrogen-bond acceptors (Lipinski definition) is 2. The van der Waals surface area contributed by atoms with Gasteiger partial charge in [-0.25, -0.2) is 4.79 Å². The summed E-state index contributed by atoms with van der Waals surface area (Å²) in [6, 6.07) is 6.65. The molecule has 0 radical (unpaired) electrons. The molecule has 2 aromatic rings. The first kappa shape index (κ1) is 17.6. The first-order chi connectivity index (χ1) is 10.8. The minimum Gasteiger partial charge on any atom is -0.338 e. The van der Waals surface area contributed by atoms with E-state index in [2.05, 4.69) is 22.7 Å². The van der Waals surface area contributed by atoms with Crippen molar-refractivity contribution in [1.82, 2.24) is 15.1 Å². The third kappa shape index (κ3) is 5.15. The SMILES string of the molecule is Cc1cc(C)n(CC(C)CNC(=O)Nc2cc(Cl)ccc2Cl)n1. The number of amides is 2. The van der Waals surface area contributed by atoms with E-state index in [1.165, 1.54) is 0 Å². The van der Waals surface area contributed by atoms with E-state index < -0.39 is 0 Å². The maximum absolute atomic E-state index is 12.0. The number of hydrogen-bond donors (Lipinski definition) is 2. The number of nitrogens with one attached hydrogen (secondary N) is 2. The summed E-state index contributed by atoms with van der Waals surface area (Å²) in [4.78, 5) is 12.0. The molecule has 0 aliphatic heterocycles. The maximum Gasteiger partial charge on any atom is 0.319 e. The van der Waals surface area contributed by atoms with Crippen molar-refractivity contribution in [2.75, 3.05) is 11.9 Å². The highest BCUT2D eigenvalue weighted by molar-refractivity contribution is 6.35. The van der Waals surface area contributed by atoms with E-state index in [1.807, 2.05) is 24.6 Å². The van der Waals surface area contributed by atoms with Crippen LogP contribution in [-0.4, -0.2) is 22.4 Å². The zero-order chi connectivity index (χ0) is 17.0. The molecule has 1 unspecified atom stereocenters. The Kier molecular flexibility index (Phi) is 5.91.